The molecule has 82 valence electrons. The van der Waals surface area contributed by atoms with Gasteiger partial charge in [0.25, 0.3) is 0 Å². The quantitative estimate of drug-likeness (QED) is 0.730. The molecule has 0 aromatic heterocycles. The maximum atomic E-state index is 5.36. The Kier molecular flexibility index (Phi) is 4.17. The molecular weight excluding hydrogens is 224 g/mol. The minimum Gasteiger partial charge on any atom is -0.496 e. The zero-order valence-corrected chi connectivity index (χ0v) is 11.4. The molecule has 1 aromatic rings. The van der Waals surface area contributed by atoms with E-state index in [1.807, 2.05) is 6.26 Å². The van der Waals surface area contributed by atoms with Crippen LogP contribution in [0.3, 0.4) is 0 Å². The third kappa shape index (κ3) is 2.34. The molecule has 0 saturated carbocycles. The van der Waals surface area contributed by atoms with Gasteiger partial charge < -0.3 is 4.74 Å². The smallest absolute Gasteiger partial charge is 0.122 e. The van der Waals surface area contributed by atoms with Crippen molar-refractivity contribution in [2.45, 2.75) is 20.8 Å². The zero-order chi connectivity index (χ0) is 11.6. The maximum Gasteiger partial charge on any atom is 0.122 e. The molecule has 3 heteroatoms. The Bertz CT molecular complexity index is 397. The fourth-order valence-electron chi connectivity index (χ4n) is 1.67. The van der Waals surface area contributed by atoms with Crippen molar-refractivity contribution in [3.8, 4) is 5.75 Å². The topological polar surface area (TPSA) is 9.23 Å². The monoisotopic (exact) mass is 240 g/mol. The molecule has 0 N–H and O–H groups in total. The lowest BCUT2D eigenvalue weighted by molar-refractivity contribution is 0.411. The molecule has 0 spiro atoms. The van der Waals surface area contributed by atoms with Crippen molar-refractivity contribution in [3.05, 3.63) is 28.3 Å². The van der Waals surface area contributed by atoms with Crippen LogP contribution in [0.4, 0.5) is 0 Å². The number of hydrogen-bond acceptors (Lipinski definition) is 3. The molecular formula is C12H16OS2. The molecule has 1 nitrogen and oxygen atoms in total. The summed E-state index contributed by atoms with van der Waals surface area (Å²) in [4.78, 5) is 0. The Morgan fingerprint density at radius 2 is 1.87 bits per heavy atom. The Morgan fingerprint density at radius 1 is 1.27 bits per heavy atom. The molecule has 1 aromatic carbocycles. The first-order valence-electron chi connectivity index (χ1n) is 4.76. The molecule has 0 unspecified atom stereocenters. The van der Waals surface area contributed by atoms with Crippen LogP contribution in [0.2, 0.25) is 0 Å². The van der Waals surface area contributed by atoms with Crippen molar-refractivity contribution in [2.75, 3.05) is 13.4 Å². The van der Waals surface area contributed by atoms with Gasteiger partial charge in [-0.2, -0.15) is 0 Å². The summed E-state index contributed by atoms with van der Waals surface area (Å²) in [7, 11) is 1.70. The second-order valence-electron chi connectivity index (χ2n) is 3.51. The third-order valence-electron chi connectivity index (χ3n) is 2.66. The van der Waals surface area contributed by atoms with Crippen molar-refractivity contribution in [1.82, 2.24) is 0 Å². The lowest BCUT2D eigenvalue weighted by Gasteiger charge is -2.15. The lowest BCUT2D eigenvalue weighted by Crippen LogP contribution is -2.03. The largest absolute Gasteiger partial charge is 0.496 e. The van der Waals surface area contributed by atoms with E-state index in [4.69, 9.17) is 17.0 Å². The minimum absolute atomic E-state index is 0.942. The van der Waals surface area contributed by atoms with Crippen LogP contribution in [-0.2, 0) is 0 Å². The van der Waals surface area contributed by atoms with Crippen LogP contribution < -0.4 is 4.74 Å². The minimum atomic E-state index is 0.942. The second kappa shape index (κ2) is 4.99. The molecule has 0 saturated heterocycles. The van der Waals surface area contributed by atoms with Crippen molar-refractivity contribution in [1.29, 1.82) is 0 Å². The Morgan fingerprint density at radius 3 is 2.33 bits per heavy atom. The molecule has 0 aliphatic heterocycles. The van der Waals surface area contributed by atoms with Crippen LogP contribution in [0, 0.1) is 20.8 Å². The van der Waals surface area contributed by atoms with Gasteiger partial charge in [0.1, 0.15) is 5.75 Å². The number of benzene rings is 1. The fourth-order valence-corrected chi connectivity index (χ4v) is 2.51. The van der Waals surface area contributed by atoms with Crippen LogP contribution in [0.1, 0.15) is 22.3 Å². The molecule has 15 heavy (non-hydrogen) atoms. The van der Waals surface area contributed by atoms with Gasteiger partial charge in [-0.1, -0.05) is 12.2 Å². The van der Waals surface area contributed by atoms with Gasteiger partial charge >= 0.3 is 0 Å². The van der Waals surface area contributed by atoms with E-state index in [1.165, 1.54) is 22.3 Å². The number of aryl methyl sites for hydroxylation is 1. The first kappa shape index (κ1) is 12.5. The summed E-state index contributed by atoms with van der Waals surface area (Å²) < 4.78 is 6.28. The van der Waals surface area contributed by atoms with Gasteiger partial charge in [-0.3, -0.25) is 0 Å². The molecule has 0 aliphatic rings. The highest BCUT2D eigenvalue weighted by molar-refractivity contribution is 8.23. The number of rotatable bonds is 2. The van der Waals surface area contributed by atoms with Crippen molar-refractivity contribution in [2.24, 2.45) is 0 Å². The van der Waals surface area contributed by atoms with E-state index in [0.29, 0.717) is 0 Å². The third-order valence-corrected chi connectivity index (χ3v) is 3.94. The van der Waals surface area contributed by atoms with E-state index in [-0.39, 0.29) is 0 Å². The van der Waals surface area contributed by atoms with Crippen LogP contribution in [0.5, 0.6) is 5.75 Å². The van der Waals surface area contributed by atoms with Crippen LogP contribution in [0.15, 0.2) is 6.07 Å². The highest BCUT2D eigenvalue weighted by Crippen LogP contribution is 2.29. The summed E-state index contributed by atoms with van der Waals surface area (Å²) in [6, 6.07) is 2.06. The number of thiocarbonyl (C=S) groups is 1. The van der Waals surface area contributed by atoms with Crippen LogP contribution in [0.25, 0.3) is 0 Å². The lowest BCUT2D eigenvalue weighted by atomic mass is 9.98. The van der Waals surface area contributed by atoms with Crippen molar-refractivity contribution in [3.63, 3.8) is 0 Å². The first-order valence-corrected chi connectivity index (χ1v) is 6.39. The highest BCUT2D eigenvalue weighted by atomic mass is 32.2. The molecule has 0 amide bonds. The molecule has 0 radical (unpaired) electrons. The predicted molar refractivity (Wildman–Crippen MR) is 72.4 cm³/mol. The summed E-state index contributed by atoms with van der Waals surface area (Å²) in [6.07, 6.45) is 2.01. The van der Waals surface area contributed by atoms with Gasteiger partial charge in [-0.15, -0.1) is 11.8 Å². The summed E-state index contributed by atoms with van der Waals surface area (Å²) in [6.45, 7) is 6.25. The summed E-state index contributed by atoms with van der Waals surface area (Å²) >= 11 is 6.98. The standard InChI is InChI=1S/C12H16OS2/c1-7-6-10(13-4)8(2)9(3)11(7)12(14)15-5/h6H,1-5H3. The van der Waals surface area contributed by atoms with Gasteiger partial charge in [0.2, 0.25) is 0 Å². The van der Waals surface area contributed by atoms with Crippen LogP contribution in [-0.4, -0.2) is 17.6 Å². The summed E-state index contributed by atoms with van der Waals surface area (Å²) in [5, 5.41) is 0. The highest BCUT2D eigenvalue weighted by Gasteiger charge is 2.13. The molecule has 0 fully saturated rings. The summed E-state index contributed by atoms with van der Waals surface area (Å²) in [5.74, 6) is 0.942. The van der Waals surface area contributed by atoms with E-state index in [9.17, 15) is 0 Å². The average Bonchev–Trinajstić information content (AvgIpc) is 2.23. The van der Waals surface area contributed by atoms with Gasteiger partial charge in [0.15, 0.2) is 0 Å². The zero-order valence-electron chi connectivity index (χ0n) is 9.80. The first-order chi connectivity index (χ1) is 7.02. The number of hydrogen-bond donors (Lipinski definition) is 0. The Balaban J connectivity index is 3.42. The number of thioether (sulfide) groups is 1. The second-order valence-corrected chi connectivity index (χ2v) is 5.00. The van der Waals surface area contributed by atoms with Crippen molar-refractivity contribution >= 4 is 28.2 Å². The van der Waals surface area contributed by atoms with Gasteiger partial charge in [0.05, 0.1) is 11.3 Å². The molecule has 0 aliphatic carbocycles. The summed E-state index contributed by atoms with van der Waals surface area (Å²) in [5.41, 5.74) is 4.78. The van der Waals surface area contributed by atoms with E-state index >= 15 is 0 Å². The number of methoxy groups -OCH3 is 1. The molecule has 0 bridgehead atoms. The Labute approximate surface area is 101 Å². The molecule has 0 atom stereocenters. The van der Waals surface area contributed by atoms with E-state index in [0.717, 1.165) is 9.95 Å². The normalized spacial score (nSPS) is 10.2. The Hall–Kier alpha value is -0.540. The van der Waals surface area contributed by atoms with Gasteiger partial charge in [-0.05, 0) is 49.8 Å². The van der Waals surface area contributed by atoms with Gasteiger partial charge in [-0.25, -0.2) is 0 Å². The predicted octanol–water partition coefficient (Wildman–Crippen LogP) is 3.66. The van der Waals surface area contributed by atoms with Crippen molar-refractivity contribution < 1.29 is 4.74 Å². The average molecular weight is 240 g/mol. The fraction of sp³-hybridized carbons (Fsp3) is 0.417. The maximum absolute atomic E-state index is 5.36. The number of ether oxygens (including phenoxy) is 1. The van der Waals surface area contributed by atoms with E-state index < -0.39 is 0 Å². The van der Waals surface area contributed by atoms with Gasteiger partial charge in [0, 0.05) is 5.56 Å². The molecule has 1 rings (SSSR count). The van der Waals surface area contributed by atoms with Crippen LogP contribution >= 0.6 is 24.0 Å². The van der Waals surface area contributed by atoms with E-state index in [2.05, 4.69) is 26.8 Å². The SMILES string of the molecule is COc1cc(C)c(C(=S)SC)c(C)c1C. The molecule has 0 heterocycles. The van der Waals surface area contributed by atoms with E-state index in [1.54, 1.807) is 18.9 Å².